The maximum Gasteiger partial charge on any atom is 0.203 e. The summed E-state index contributed by atoms with van der Waals surface area (Å²) >= 11 is 0. The molecule has 0 saturated heterocycles. The molecular formula is C22H31N3O3. The first-order valence-corrected chi connectivity index (χ1v) is 9.41. The van der Waals surface area contributed by atoms with Gasteiger partial charge in [-0.3, -0.25) is 4.99 Å². The summed E-state index contributed by atoms with van der Waals surface area (Å²) < 4.78 is 16.2. The van der Waals surface area contributed by atoms with Gasteiger partial charge in [0.15, 0.2) is 17.5 Å². The van der Waals surface area contributed by atoms with Crippen LogP contribution in [0.1, 0.15) is 24.5 Å². The van der Waals surface area contributed by atoms with E-state index < -0.39 is 0 Å². The molecule has 152 valence electrons. The number of hydrogen-bond acceptors (Lipinski definition) is 4. The zero-order chi connectivity index (χ0) is 20.4. The van der Waals surface area contributed by atoms with Gasteiger partial charge in [0, 0.05) is 19.6 Å². The van der Waals surface area contributed by atoms with Crippen LogP contribution in [-0.4, -0.2) is 40.4 Å². The molecule has 0 aliphatic carbocycles. The Labute approximate surface area is 167 Å². The van der Waals surface area contributed by atoms with Crippen LogP contribution in [0.25, 0.3) is 0 Å². The molecular weight excluding hydrogens is 354 g/mol. The summed E-state index contributed by atoms with van der Waals surface area (Å²) in [4.78, 5) is 4.32. The van der Waals surface area contributed by atoms with E-state index in [1.54, 1.807) is 28.4 Å². The molecule has 0 aromatic heterocycles. The SMILES string of the molecule is CN=C(NCc1cc(OC)c(OC)c(OC)c1)NC(C)CCc1ccccc1. The van der Waals surface area contributed by atoms with E-state index in [2.05, 4.69) is 46.8 Å². The minimum absolute atomic E-state index is 0.298. The van der Waals surface area contributed by atoms with E-state index >= 15 is 0 Å². The third kappa shape index (κ3) is 6.08. The molecule has 6 heteroatoms. The molecule has 0 bridgehead atoms. The lowest BCUT2D eigenvalue weighted by Gasteiger charge is -2.19. The highest BCUT2D eigenvalue weighted by Crippen LogP contribution is 2.38. The van der Waals surface area contributed by atoms with Gasteiger partial charge in [-0.25, -0.2) is 0 Å². The summed E-state index contributed by atoms with van der Waals surface area (Å²) in [6, 6.07) is 14.7. The van der Waals surface area contributed by atoms with Crippen molar-refractivity contribution in [1.29, 1.82) is 0 Å². The van der Waals surface area contributed by atoms with E-state index in [9.17, 15) is 0 Å². The van der Waals surface area contributed by atoms with Crippen molar-refractivity contribution in [2.45, 2.75) is 32.4 Å². The first-order chi connectivity index (χ1) is 13.6. The summed E-state index contributed by atoms with van der Waals surface area (Å²) in [7, 11) is 6.60. The lowest BCUT2D eigenvalue weighted by atomic mass is 10.1. The van der Waals surface area contributed by atoms with Gasteiger partial charge in [-0.05, 0) is 43.0 Å². The Morgan fingerprint density at radius 3 is 2.14 bits per heavy atom. The van der Waals surface area contributed by atoms with Gasteiger partial charge in [-0.15, -0.1) is 0 Å². The van der Waals surface area contributed by atoms with Gasteiger partial charge in [0.2, 0.25) is 5.75 Å². The van der Waals surface area contributed by atoms with Crippen molar-refractivity contribution in [3.05, 3.63) is 53.6 Å². The highest BCUT2D eigenvalue weighted by atomic mass is 16.5. The van der Waals surface area contributed by atoms with Gasteiger partial charge in [0.25, 0.3) is 0 Å². The molecule has 1 atom stereocenters. The number of aliphatic imine (C=N–C) groups is 1. The van der Waals surface area contributed by atoms with Gasteiger partial charge in [0.05, 0.1) is 21.3 Å². The lowest BCUT2D eigenvalue weighted by Crippen LogP contribution is -2.42. The highest BCUT2D eigenvalue weighted by molar-refractivity contribution is 5.80. The standard InChI is InChI=1S/C22H31N3O3/c1-16(11-12-17-9-7-6-8-10-17)25-22(23-2)24-15-18-13-19(26-3)21(28-5)20(14-18)27-4/h6-10,13-14,16H,11-12,15H2,1-5H3,(H2,23,24,25). The summed E-state index contributed by atoms with van der Waals surface area (Å²) in [5.41, 5.74) is 2.35. The average molecular weight is 386 g/mol. The summed E-state index contributed by atoms with van der Waals surface area (Å²) in [6.07, 6.45) is 2.05. The molecule has 2 aromatic carbocycles. The second kappa shape index (κ2) is 11.1. The number of benzene rings is 2. The van der Waals surface area contributed by atoms with E-state index in [-0.39, 0.29) is 0 Å². The molecule has 0 spiro atoms. The predicted molar refractivity (Wildman–Crippen MR) is 114 cm³/mol. The molecule has 1 unspecified atom stereocenters. The molecule has 0 aliphatic heterocycles. The molecule has 0 aliphatic rings. The van der Waals surface area contributed by atoms with Crippen LogP contribution in [-0.2, 0) is 13.0 Å². The number of ether oxygens (including phenoxy) is 3. The van der Waals surface area contributed by atoms with Gasteiger partial charge in [-0.1, -0.05) is 30.3 Å². The van der Waals surface area contributed by atoms with Gasteiger partial charge in [-0.2, -0.15) is 0 Å². The van der Waals surface area contributed by atoms with Crippen LogP contribution in [0.5, 0.6) is 17.2 Å². The molecule has 28 heavy (non-hydrogen) atoms. The third-order valence-corrected chi connectivity index (χ3v) is 4.50. The predicted octanol–water partition coefficient (Wildman–Crippen LogP) is 3.40. The molecule has 0 fully saturated rings. The van der Waals surface area contributed by atoms with Crippen molar-refractivity contribution in [3.63, 3.8) is 0 Å². The second-order valence-electron chi connectivity index (χ2n) is 6.53. The Hall–Kier alpha value is -2.89. The second-order valence-corrected chi connectivity index (χ2v) is 6.53. The van der Waals surface area contributed by atoms with Crippen LogP contribution in [0.4, 0.5) is 0 Å². The van der Waals surface area contributed by atoms with Crippen LogP contribution in [0.3, 0.4) is 0 Å². The largest absolute Gasteiger partial charge is 0.493 e. The van der Waals surface area contributed by atoms with Gasteiger partial charge < -0.3 is 24.8 Å². The maximum absolute atomic E-state index is 5.41. The summed E-state index contributed by atoms with van der Waals surface area (Å²) in [5.74, 6) is 2.62. The van der Waals surface area contributed by atoms with Gasteiger partial charge in [0.1, 0.15) is 0 Å². The zero-order valence-corrected chi connectivity index (χ0v) is 17.4. The van der Waals surface area contributed by atoms with E-state index in [0.717, 1.165) is 24.4 Å². The van der Waals surface area contributed by atoms with Crippen LogP contribution >= 0.6 is 0 Å². The Balaban J connectivity index is 1.92. The van der Waals surface area contributed by atoms with Crippen molar-refractivity contribution in [3.8, 4) is 17.2 Å². The summed E-state index contributed by atoms with van der Waals surface area (Å²) in [5, 5.41) is 6.78. The monoisotopic (exact) mass is 385 g/mol. The van der Waals surface area contributed by atoms with Crippen molar-refractivity contribution in [1.82, 2.24) is 10.6 Å². The third-order valence-electron chi connectivity index (χ3n) is 4.50. The molecule has 0 heterocycles. The number of aryl methyl sites for hydroxylation is 1. The zero-order valence-electron chi connectivity index (χ0n) is 17.4. The number of guanidine groups is 1. The van der Waals surface area contributed by atoms with Gasteiger partial charge >= 0.3 is 0 Å². The fourth-order valence-electron chi connectivity index (χ4n) is 2.95. The first kappa shape index (κ1) is 21.4. The molecule has 2 rings (SSSR count). The van der Waals surface area contributed by atoms with E-state index in [1.807, 2.05) is 18.2 Å². The molecule has 0 saturated carbocycles. The minimum Gasteiger partial charge on any atom is -0.493 e. The van der Waals surface area contributed by atoms with E-state index in [1.165, 1.54) is 5.56 Å². The number of nitrogens with one attached hydrogen (secondary N) is 2. The smallest absolute Gasteiger partial charge is 0.203 e. The quantitative estimate of drug-likeness (QED) is 0.512. The maximum atomic E-state index is 5.41. The normalized spacial score (nSPS) is 12.2. The van der Waals surface area contributed by atoms with Crippen LogP contribution < -0.4 is 24.8 Å². The van der Waals surface area contributed by atoms with E-state index in [0.29, 0.717) is 29.8 Å². The molecule has 0 amide bonds. The van der Waals surface area contributed by atoms with Crippen LogP contribution in [0.15, 0.2) is 47.5 Å². The molecule has 2 aromatic rings. The Bertz CT molecular complexity index is 738. The average Bonchev–Trinajstić information content (AvgIpc) is 2.74. The minimum atomic E-state index is 0.298. The number of methoxy groups -OCH3 is 3. The van der Waals surface area contributed by atoms with Crippen molar-refractivity contribution in [2.75, 3.05) is 28.4 Å². The Kier molecular flexibility index (Phi) is 8.46. The van der Waals surface area contributed by atoms with Crippen molar-refractivity contribution in [2.24, 2.45) is 4.99 Å². The first-order valence-electron chi connectivity index (χ1n) is 9.41. The van der Waals surface area contributed by atoms with Crippen LogP contribution in [0.2, 0.25) is 0 Å². The Morgan fingerprint density at radius 1 is 0.964 bits per heavy atom. The molecule has 2 N–H and O–H groups in total. The highest BCUT2D eigenvalue weighted by Gasteiger charge is 2.13. The lowest BCUT2D eigenvalue weighted by molar-refractivity contribution is 0.323. The summed E-state index contributed by atoms with van der Waals surface area (Å²) in [6.45, 7) is 2.75. The van der Waals surface area contributed by atoms with E-state index in [4.69, 9.17) is 14.2 Å². The molecule has 6 nitrogen and oxygen atoms in total. The number of hydrogen-bond donors (Lipinski definition) is 2. The van der Waals surface area contributed by atoms with Crippen molar-refractivity contribution >= 4 is 5.96 Å². The topological polar surface area (TPSA) is 64.1 Å². The fourth-order valence-corrected chi connectivity index (χ4v) is 2.95. The Morgan fingerprint density at radius 2 is 1.61 bits per heavy atom. The van der Waals surface area contributed by atoms with Crippen LogP contribution in [0, 0.1) is 0 Å². The number of nitrogens with zero attached hydrogens (tertiary/aromatic N) is 1. The molecule has 0 radical (unpaired) electrons. The fraction of sp³-hybridized carbons (Fsp3) is 0.409. The number of rotatable bonds is 9. The van der Waals surface area contributed by atoms with Crippen molar-refractivity contribution < 1.29 is 14.2 Å².